The molecule has 0 saturated heterocycles. The quantitative estimate of drug-likeness (QED) is 0.379. The van der Waals surface area contributed by atoms with Gasteiger partial charge in [-0.25, -0.2) is 9.59 Å². The summed E-state index contributed by atoms with van der Waals surface area (Å²) in [5, 5.41) is 0. The Kier molecular flexibility index (Phi) is 7.01. The highest BCUT2D eigenvalue weighted by Gasteiger charge is 2.41. The van der Waals surface area contributed by atoms with Gasteiger partial charge in [-0.1, -0.05) is 33.9 Å². The van der Waals surface area contributed by atoms with Gasteiger partial charge in [-0.2, -0.15) is 0 Å². The zero-order chi connectivity index (χ0) is 14.2. The van der Waals surface area contributed by atoms with Crippen LogP contribution in [0.25, 0.3) is 0 Å². The van der Waals surface area contributed by atoms with Gasteiger partial charge in [0.25, 0.3) is 5.79 Å². The molecule has 0 aliphatic heterocycles. The lowest BCUT2D eigenvalue weighted by molar-refractivity contribution is -0.243. The molecule has 0 saturated carbocycles. The van der Waals surface area contributed by atoms with Gasteiger partial charge >= 0.3 is 11.9 Å². The van der Waals surface area contributed by atoms with Crippen molar-refractivity contribution < 1.29 is 19.1 Å². The molecule has 4 nitrogen and oxygen atoms in total. The van der Waals surface area contributed by atoms with Crippen LogP contribution in [0.5, 0.6) is 0 Å². The number of ether oxygens (including phenoxy) is 2. The molecule has 0 N–H and O–H groups in total. The Bertz CT molecular complexity index is 298. The lowest BCUT2D eigenvalue weighted by Crippen LogP contribution is -2.45. The topological polar surface area (TPSA) is 52.6 Å². The first-order valence-electron chi connectivity index (χ1n) is 6.16. The zero-order valence-corrected chi connectivity index (χ0v) is 11.4. The fourth-order valence-corrected chi connectivity index (χ4v) is 1.65. The van der Waals surface area contributed by atoms with Crippen molar-refractivity contribution in [3.8, 4) is 0 Å². The van der Waals surface area contributed by atoms with E-state index in [-0.39, 0.29) is 5.92 Å². The number of hydrogen-bond acceptors (Lipinski definition) is 4. The fourth-order valence-electron chi connectivity index (χ4n) is 1.65. The monoisotopic (exact) mass is 254 g/mol. The Hall–Kier alpha value is -1.58. The number of esters is 2. The van der Waals surface area contributed by atoms with Gasteiger partial charge in [0.05, 0.1) is 0 Å². The molecule has 0 amide bonds. The van der Waals surface area contributed by atoms with Crippen molar-refractivity contribution in [1.29, 1.82) is 0 Å². The molecule has 1 unspecified atom stereocenters. The third kappa shape index (κ3) is 4.35. The molecule has 0 aliphatic carbocycles. The Morgan fingerprint density at radius 1 is 1.17 bits per heavy atom. The Morgan fingerprint density at radius 2 is 1.61 bits per heavy atom. The zero-order valence-electron chi connectivity index (χ0n) is 11.4. The maximum atomic E-state index is 11.4. The predicted octanol–water partition coefficient (Wildman–Crippen LogP) is 2.99. The molecule has 0 heterocycles. The number of carbonyl (C=O) groups is 2. The van der Waals surface area contributed by atoms with E-state index in [0.717, 1.165) is 25.0 Å². The second-order valence-corrected chi connectivity index (χ2v) is 4.12. The number of rotatable bonds is 8. The Labute approximate surface area is 109 Å². The van der Waals surface area contributed by atoms with Crippen molar-refractivity contribution in [3.05, 3.63) is 25.3 Å². The van der Waals surface area contributed by atoms with Crippen LogP contribution in [0.2, 0.25) is 0 Å². The first-order valence-corrected chi connectivity index (χ1v) is 6.16. The van der Waals surface area contributed by atoms with E-state index in [1.54, 1.807) is 0 Å². The van der Waals surface area contributed by atoms with E-state index in [2.05, 4.69) is 13.2 Å². The largest absolute Gasteiger partial charge is 0.419 e. The van der Waals surface area contributed by atoms with E-state index in [1.807, 2.05) is 20.8 Å². The van der Waals surface area contributed by atoms with Crippen molar-refractivity contribution in [2.45, 2.75) is 45.8 Å². The standard InChI is InChI=1S/C14H22O4/c1-6-10-14(11(5)7-2,17-12(15)8-3)18-13(16)9-4/h8-9,11H,3-4,6-7,10H2,1-2,5H3. The van der Waals surface area contributed by atoms with E-state index >= 15 is 0 Å². The van der Waals surface area contributed by atoms with Crippen LogP contribution in [0.15, 0.2) is 25.3 Å². The summed E-state index contributed by atoms with van der Waals surface area (Å²) in [6.45, 7) is 12.5. The van der Waals surface area contributed by atoms with Crippen molar-refractivity contribution in [1.82, 2.24) is 0 Å². The van der Waals surface area contributed by atoms with Crippen molar-refractivity contribution in [2.75, 3.05) is 0 Å². The maximum absolute atomic E-state index is 11.4. The molecule has 4 heteroatoms. The summed E-state index contributed by atoms with van der Waals surface area (Å²) < 4.78 is 10.6. The van der Waals surface area contributed by atoms with Crippen LogP contribution >= 0.6 is 0 Å². The molecule has 0 aliphatic rings. The number of hydrogen-bond donors (Lipinski definition) is 0. The summed E-state index contributed by atoms with van der Waals surface area (Å²) in [4.78, 5) is 22.9. The van der Waals surface area contributed by atoms with Crippen LogP contribution in [0, 0.1) is 5.92 Å². The molecule has 0 fully saturated rings. The van der Waals surface area contributed by atoms with Gasteiger partial charge < -0.3 is 9.47 Å². The summed E-state index contributed by atoms with van der Waals surface area (Å²) in [5.41, 5.74) is 0. The van der Waals surface area contributed by atoms with Crippen molar-refractivity contribution in [2.24, 2.45) is 5.92 Å². The second kappa shape index (κ2) is 7.69. The number of carbonyl (C=O) groups excluding carboxylic acids is 2. The third-order valence-electron chi connectivity index (χ3n) is 2.84. The summed E-state index contributed by atoms with van der Waals surface area (Å²) in [7, 11) is 0. The molecule has 102 valence electrons. The van der Waals surface area contributed by atoms with Gasteiger partial charge in [-0.05, 0) is 12.8 Å². The molecular formula is C14H22O4. The summed E-state index contributed by atoms with van der Waals surface area (Å²) >= 11 is 0. The van der Waals surface area contributed by atoms with E-state index in [1.165, 1.54) is 0 Å². The average Bonchev–Trinajstić information content (AvgIpc) is 2.37. The molecule has 0 aromatic heterocycles. The highest BCUT2D eigenvalue weighted by atomic mass is 16.7. The van der Waals surface area contributed by atoms with Gasteiger partial charge in [0.15, 0.2) is 0 Å². The highest BCUT2D eigenvalue weighted by Crippen LogP contribution is 2.32. The van der Waals surface area contributed by atoms with Gasteiger partial charge in [0.1, 0.15) is 0 Å². The van der Waals surface area contributed by atoms with Crippen molar-refractivity contribution in [3.63, 3.8) is 0 Å². The van der Waals surface area contributed by atoms with E-state index in [0.29, 0.717) is 6.42 Å². The third-order valence-corrected chi connectivity index (χ3v) is 2.84. The van der Waals surface area contributed by atoms with Crippen LogP contribution in [0.1, 0.15) is 40.0 Å². The lowest BCUT2D eigenvalue weighted by atomic mass is 9.93. The second-order valence-electron chi connectivity index (χ2n) is 4.12. The molecule has 1 atom stereocenters. The summed E-state index contributed by atoms with van der Waals surface area (Å²) in [6, 6.07) is 0. The normalized spacial score (nSPS) is 12.4. The van der Waals surface area contributed by atoms with Gasteiger partial charge in [-0.15, -0.1) is 0 Å². The first kappa shape index (κ1) is 16.4. The molecule has 0 spiro atoms. The van der Waals surface area contributed by atoms with Crippen LogP contribution in [0.3, 0.4) is 0 Å². The van der Waals surface area contributed by atoms with Gasteiger partial charge in [-0.3, -0.25) is 0 Å². The van der Waals surface area contributed by atoms with Gasteiger partial charge in [0, 0.05) is 24.5 Å². The molecule has 0 radical (unpaired) electrons. The minimum absolute atomic E-state index is 0.106. The fraction of sp³-hybridized carbons (Fsp3) is 0.571. The summed E-state index contributed by atoms with van der Waals surface area (Å²) in [6.07, 6.45) is 4.01. The molecule has 0 bridgehead atoms. The van der Waals surface area contributed by atoms with Crippen LogP contribution in [0.4, 0.5) is 0 Å². The molecule has 0 aromatic carbocycles. The lowest BCUT2D eigenvalue weighted by Gasteiger charge is -2.36. The maximum Gasteiger partial charge on any atom is 0.333 e. The smallest absolute Gasteiger partial charge is 0.333 e. The molecule has 18 heavy (non-hydrogen) atoms. The highest BCUT2D eigenvalue weighted by molar-refractivity contribution is 5.83. The van der Waals surface area contributed by atoms with Crippen LogP contribution < -0.4 is 0 Å². The SMILES string of the molecule is C=CC(=O)OC(CCC)(OC(=O)C=C)C(C)CC. The molecular weight excluding hydrogens is 232 g/mol. The van der Waals surface area contributed by atoms with E-state index in [4.69, 9.17) is 9.47 Å². The molecule has 0 aromatic rings. The predicted molar refractivity (Wildman–Crippen MR) is 69.7 cm³/mol. The van der Waals surface area contributed by atoms with Crippen LogP contribution in [-0.2, 0) is 19.1 Å². The van der Waals surface area contributed by atoms with Crippen LogP contribution in [-0.4, -0.2) is 17.7 Å². The van der Waals surface area contributed by atoms with E-state index < -0.39 is 17.7 Å². The minimum Gasteiger partial charge on any atom is -0.419 e. The van der Waals surface area contributed by atoms with E-state index in [9.17, 15) is 9.59 Å². The Morgan fingerprint density at radius 3 is 1.89 bits per heavy atom. The first-order chi connectivity index (χ1) is 8.45. The summed E-state index contributed by atoms with van der Waals surface area (Å²) in [5.74, 6) is -2.54. The minimum atomic E-state index is -1.24. The van der Waals surface area contributed by atoms with Crippen molar-refractivity contribution >= 4 is 11.9 Å². The molecule has 0 rings (SSSR count). The Balaban J connectivity index is 5.24. The average molecular weight is 254 g/mol. The van der Waals surface area contributed by atoms with Gasteiger partial charge in [0.2, 0.25) is 0 Å².